The van der Waals surface area contributed by atoms with Gasteiger partial charge in [0.1, 0.15) is 0 Å². The second-order valence-electron chi connectivity index (χ2n) is 5.92. The Labute approximate surface area is 110 Å². The fourth-order valence-electron chi connectivity index (χ4n) is 3.16. The zero-order valence-electron chi connectivity index (χ0n) is 12.0. The summed E-state index contributed by atoms with van der Waals surface area (Å²) in [4.78, 5) is 8.78. The SMILES string of the molecule is Cc1nccnc1C(C)NC1CCC(C)CC1C. The molecule has 0 aliphatic heterocycles. The maximum atomic E-state index is 4.46. The van der Waals surface area contributed by atoms with Crippen LogP contribution in [0.5, 0.6) is 0 Å². The number of rotatable bonds is 3. The highest BCUT2D eigenvalue weighted by atomic mass is 15.0. The Bertz CT molecular complexity index is 391. The Morgan fingerprint density at radius 2 is 1.94 bits per heavy atom. The van der Waals surface area contributed by atoms with Gasteiger partial charge in [0.2, 0.25) is 0 Å². The van der Waals surface area contributed by atoms with Gasteiger partial charge in [0.05, 0.1) is 11.4 Å². The average Bonchev–Trinajstić information content (AvgIpc) is 2.33. The van der Waals surface area contributed by atoms with E-state index in [1.54, 1.807) is 12.4 Å². The quantitative estimate of drug-likeness (QED) is 0.891. The van der Waals surface area contributed by atoms with Gasteiger partial charge in [-0.1, -0.05) is 13.8 Å². The van der Waals surface area contributed by atoms with E-state index in [0.29, 0.717) is 12.1 Å². The summed E-state index contributed by atoms with van der Waals surface area (Å²) in [7, 11) is 0. The van der Waals surface area contributed by atoms with Gasteiger partial charge in [-0.05, 0) is 44.9 Å². The third kappa shape index (κ3) is 3.08. The second kappa shape index (κ2) is 5.79. The third-order valence-corrected chi connectivity index (χ3v) is 4.22. The van der Waals surface area contributed by atoms with Crippen molar-refractivity contribution in [3.8, 4) is 0 Å². The van der Waals surface area contributed by atoms with E-state index in [4.69, 9.17) is 0 Å². The molecule has 18 heavy (non-hydrogen) atoms. The smallest absolute Gasteiger partial charge is 0.0782 e. The van der Waals surface area contributed by atoms with E-state index < -0.39 is 0 Å². The summed E-state index contributed by atoms with van der Waals surface area (Å²) in [6, 6.07) is 0.914. The summed E-state index contributed by atoms with van der Waals surface area (Å²) >= 11 is 0. The molecule has 0 aromatic carbocycles. The van der Waals surface area contributed by atoms with Crippen molar-refractivity contribution < 1.29 is 0 Å². The van der Waals surface area contributed by atoms with Gasteiger partial charge < -0.3 is 5.32 Å². The van der Waals surface area contributed by atoms with Crippen molar-refractivity contribution in [2.24, 2.45) is 11.8 Å². The topological polar surface area (TPSA) is 37.8 Å². The van der Waals surface area contributed by atoms with Crippen molar-refractivity contribution >= 4 is 0 Å². The largest absolute Gasteiger partial charge is 0.306 e. The van der Waals surface area contributed by atoms with Crippen LogP contribution >= 0.6 is 0 Å². The van der Waals surface area contributed by atoms with Crippen molar-refractivity contribution in [2.45, 2.75) is 59.0 Å². The molecule has 0 saturated heterocycles. The molecule has 0 bridgehead atoms. The Balaban J connectivity index is 1.99. The first-order chi connectivity index (χ1) is 8.58. The number of hydrogen-bond donors (Lipinski definition) is 1. The molecule has 3 nitrogen and oxygen atoms in total. The van der Waals surface area contributed by atoms with E-state index >= 15 is 0 Å². The minimum Gasteiger partial charge on any atom is -0.306 e. The molecule has 100 valence electrons. The normalized spacial score (nSPS) is 30.1. The van der Waals surface area contributed by atoms with Crippen molar-refractivity contribution in [3.63, 3.8) is 0 Å². The third-order valence-electron chi connectivity index (χ3n) is 4.22. The number of nitrogens with zero attached hydrogens (tertiary/aromatic N) is 2. The summed E-state index contributed by atoms with van der Waals surface area (Å²) < 4.78 is 0. The molecule has 1 heterocycles. The van der Waals surface area contributed by atoms with Gasteiger partial charge in [0.15, 0.2) is 0 Å². The highest BCUT2D eigenvalue weighted by Gasteiger charge is 2.26. The van der Waals surface area contributed by atoms with Crippen LogP contribution in [0.2, 0.25) is 0 Å². The molecule has 1 fully saturated rings. The number of aromatic nitrogens is 2. The lowest BCUT2D eigenvalue weighted by Crippen LogP contribution is -2.40. The average molecular weight is 247 g/mol. The number of aryl methyl sites for hydroxylation is 1. The maximum absolute atomic E-state index is 4.46. The van der Waals surface area contributed by atoms with Gasteiger partial charge in [-0.2, -0.15) is 0 Å². The molecule has 1 saturated carbocycles. The zero-order valence-corrected chi connectivity index (χ0v) is 12.0. The summed E-state index contributed by atoms with van der Waals surface area (Å²) in [6.07, 6.45) is 7.51. The van der Waals surface area contributed by atoms with E-state index in [1.165, 1.54) is 19.3 Å². The molecular weight excluding hydrogens is 222 g/mol. The van der Waals surface area contributed by atoms with Gasteiger partial charge in [-0.25, -0.2) is 0 Å². The molecule has 0 spiro atoms. The van der Waals surface area contributed by atoms with Crippen LogP contribution in [0.3, 0.4) is 0 Å². The molecule has 1 aliphatic carbocycles. The fraction of sp³-hybridized carbons (Fsp3) is 0.733. The van der Waals surface area contributed by atoms with Crippen molar-refractivity contribution in [2.75, 3.05) is 0 Å². The summed E-state index contributed by atoms with van der Waals surface area (Å²) in [5.41, 5.74) is 2.12. The van der Waals surface area contributed by atoms with Crippen molar-refractivity contribution in [3.05, 3.63) is 23.8 Å². The van der Waals surface area contributed by atoms with Gasteiger partial charge in [-0.15, -0.1) is 0 Å². The number of hydrogen-bond acceptors (Lipinski definition) is 3. The van der Waals surface area contributed by atoms with E-state index in [9.17, 15) is 0 Å². The summed E-state index contributed by atoms with van der Waals surface area (Å²) in [6.45, 7) is 8.96. The van der Waals surface area contributed by atoms with Crippen molar-refractivity contribution in [1.29, 1.82) is 0 Å². The van der Waals surface area contributed by atoms with E-state index in [0.717, 1.165) is 23.2 Å². The second-order valence-corrected chi connectivity index (χ2v) is 5.92. The van der Waals surface area contributed by atoms with E-state index in [1.807, 2.05) is 6.92 Å². The van der Waals surface area contributed by atoms with Gasteiger partial charge in [0, 0.05) is 24.5 Å². The van der Waals surface area contributed by atoms with Crippen LogP contribution in [0.4, 0.5) is 0 Å². The molecule has 0 amide bonds. The van der Waals surface area contributed by atoms with Crippen LogP contribution in [0.25, 0.3) is 0 Å². The van der Waals surface area contributed by atoms with E-state index in [2.05, 4.69) is 36.1 Å². The highest BCUT2D eigenvalue weighted by Crippen LogP contribution is 2.30. The lowest BCUT2D eigenvalue weighted by molar-refractivity contribution is 0.215. The predicted molar refractivity (Wildman–Crippen MR) is 74.3 cm³/mol. The highest BCUT2D eigenvalue weighted by molar-refractivity contribution is 5.12. The number of nitrogens with one attached hydrogen (secondary N) is 1. The van der Waals surface area contributed by atoms with Crippen LogP contribution < -0.4 is 5.32 Å². The first kappa shape index (κ1) is 13.5. The fourth-order valence-corrected chi connectivity index (χ4v) is 3.16. The van der Waals surface area contributed by atoms with Crippen LogP contribution in [-0.4, -0.2) is 16.0 Å². The van der Waals surface area contributed by atoms with Gasteiger partial charge >= 0.3 is 0 Å². The molecule has 0 radical (unpaired) electrons. The minimum atomic E-state index is 0.291. The molecule has 4 atom stereocenters. The van der Waals surface area contributed by atoms with Crippen LogP contribution in [0.15, 0.2) is 12.4 Å². The minimum absolute atomic E-state index is 0.291. The molecule has 1 aromatic heterocycles. The molecule has 4 unspecified atom stereocenters. The molecule has 1 aliphatic rings. The molecule has 3 heteroatoms. The lowest BCUT2D eigenvalue weighted by atomic mass is 9.79. The Hall–Kier alpha value is -0.960. The zero-order chi connectivity index (χ0) is 13.1. The molecular formula is C15H25N3. The Kier molecular flexibility index (Phi) is 4.33. The van der Waals surface area contributed by atoms with E-state index in [-0.39, 0.29) is 0 Å². The van der Waals surface area contributed by atoms with Crippen LogP contribution in [0.1, 0.15) is 57.5 Å². The van der Waals surface area contributed by atoms with Crippen LogP contribution in [-0.2, 0) is 0 Å². The maximum Gasteiger partial charge on any atom is 0.0782 e. The summed E-state index contributed by atoms with van der Waals surface area (Å²) in [5.74, 6) is 1.64. The van der Waals surface area contributed by atoms with Gasteiger partial charge in [-0.3, -0.25) is 9.97 Å². The van der Waals surface area contributed by atoms with Crippen LogP contribution in [0, 0.1) is 18.8 Å². The summed E-state index contributed by atoms with van der Waals surface area (Å²) in [5, 5.41) is 3.74. The lowest BCUT2D eigenvalue weighted by Gasteiger charge is -2.35. The standard InChI is InChI=1S/C15H25N3/c1-10-5-6-14(11(2)9-10)18-13(4)15-12(3)16-7-8-17-15/h7-8,10-11,13-14,18H,5-6,9H2,1-4H3. The first-order valence-corrected chi connectivity index (χ1v) is 7.11. The van der Waals surface area contributed by atoms with Crippen molar-refractivity contribution in [1.82, 2.24) is 15.3 Å². The Morgan fingerprint density at radius 3 is 2.61 bits per heavy atom. The first-order valence-electron chi connectivity index (χ1n) is 7.11. The van der Waals surface area contributed by atoms with Gasteiger partial charge in [0.25, 0.3) is 0 Å². The predicted octanol–water partition coefficient (Wildman–Crippen LogP) is 3.26. The Morgan fingerprint density at radius 1 is 1.22 bits per heavy atom. The molecule has 2 rings (SSSR count). The molecule has 1 N–H and O–H groups in total. The monoisotopic (exact) mass is 247 g/mol. The molecule has 1 aromatic rings.